The summed E-state index contributed by atoms with van der Waals surface area (Å²) < 4.78 is 12.9. The summed E-state index contributed by atoms with van der Waals surface area (Å²) in [5.41, 5.74) is 5.54. The molecule has 0 saturated heterocycles. The monoisotopic (exact) mass is 444 g/mol. The van der Waals surface area contributed by atoms with E-state index >= 15 is 0 Å². The molecule has 0 saturated carbocycles. The fourth-order valence-electron chi connectivity index (χ4n) is 3.63. The zero-order valence-corrected chi connectivity index (χ0v) is 19.2. The summed E-state index contributed by atoms with van der Waals surface area (Å²) in [6.45, 7) is 6.69. The van der Waals surface area contributed by atoms with Gasteiger partial charge in [0.25, 0.3) is 5.91 Å². The van der Waals surface area contributed by atoms with Crippen LogP contribution in [0.25, 0.3) is 5.69 Å². The third-order valence-electron chi connectivity index (χ3n) is 5.59. The Morgan fingerprint density at radius 2 is 1.88 bits per heavy atom. The molecule has 2 heterocycles. The van der Waals surface area contributed by atoms with E-state index in [0.29, 0.717) is 24.5 Å². The van der Waals surface area contributed by atoms with Crippen LogP contribution in [0, 0.1) is 20.8 Å². The van der Waals surface area contributed by atoms with Gasteiger partial charge in [-0.3, -0.25) is 4.79 Å². The van der Waals surface area contributed by atoms with Crippen LogP contribution in [0.3, 0.4) is 0 Å². The van der Waals surface area contributed by atoms with Gasteiger partial charge >= 0.3 is 0 Å². The van der Waals surface area contributed by atoms with Gasteiger partial charge in [-0.25, -0.2) is 4.68 Å². The van der Waals surface area contributed by atoms with Crippen molar-refractivity contribution in [3.63, 3.8) is 0 Å². The summed E-state index contributed by atoms with van der Waals surface area (Å²) in [5, 5.41) is 11.5. The second kappa shape index (κ2) is 10.2. The number of para-hydroxylation sites is 1. The Morgan fingerprint density at radius 3 is 2.64 bits per heavy atom. The standard InChI is InChI=1S/C26H28N4O3/c1-18-22(16-30(28-18)23-11-5-4-6-12-23)10-8-14-27-26(31)21-9-7-13-24(15-21)32-17-25-19(2)29-33-20(25)3/h4-7,9,11-13,15-16H,8,10,14,17H2,1-3H3,(H,27,31). The van der Waals surface area contributed by atoms with Crippen LogP contribution in [-0.2, 0) is 13.0 Å². The van der Waals surface area contributed by atoms with Crippen molar-refractivity contribution < 1.29 is 14.1 Å². The predicted octanol–water partition coefficient (Wildman–Crippen LogP) is 4.73. The molecular weight excluding hydrogens is 416 g/mol. The number of amides is 1. The van der Waals surface area contributed by atoms with Crippen LogP contribution in [0.15, 0.2) is 65.3 Å². The molecule has 170 valence electrons. The van der Waals surface area contributed by atoms with Crippen molar-refractivity contribution >= 4 is 5.91 Å². The molecule has 1 N–H and O–H groups in total. The van der Waals surface area contributed by atoms with E-state index < -0.39 is 0 Å². The van der Waals surface area contributed by atoms with Gasteiger partial charge in [-0.05, 0) is 69.5 Å². The first-order chi connectivity index (χ1) is 16.0. The average Bonchev–Trinajstić information content (AvgIpc) is 3.37. The van der Waals surface area contributed by atoms with Crippen molar-refractivity contribution in [3.8, 4) is 11.4 Å². The molecule has 0 radical (unpaired) electrons. The highest BCUT2D eigenvalue weighted by Gasteiger charge is 2.11. The number of rotatable bonds is 9. The summed E-state index contributed by atoms with van der Waals surface area (Å²) in [6, 6.07) is 17.2. The number of nitrogens with zero attached hydrogens (tertiary/aromatic N) is 3. The molecule has 0 atom stereocenters. The van der Waals surface area contributed by atoms with Gasteiger partial charge in [-0.1, -0.05) is 29.4 Å². The predicted molar refractivity (Wildman–Crippen MR) is 126 cm³/mol. The van der Waals surface area contributed by atoms with Gasteiger partial charge in [0.05, 0.1) is 22.6 Å². The molecule has 0 aliphatic heterocycles. The van der Waals surface area contributed by atoms with Crippen molar-refractivity contribution in [2.45, 2.75) is 40.2 Å². The number of aryl methyl sites for hydroxylation is 4. The van der Waals surface area contributed by atoms with E-state index in [1.165, 1.54) is 5.56 Å². The third kappa shape index (κ3) is 5.49. The Bertz CT molecular complexity index is 1210. The Labute approximate surface area is 193 Å². The van der Waals surface area contributed by atoms with E-state index in [4.69, 9.17) is 9.26 Å². The number of carbonyl (C=O) groups excluding carboxylic acids is 1. The van der Waals surface area contributed by atoms with Gasteiger partial charge in [0, 0.05) is 18.3 Å². The zero-order valence-electron chi connectivity index (χ0n) is 19.2. The van der Waals surface area contributed by atoms with Crippen molar-refractivity contribution in [3.05, 3.63) is 94.6 Å². The maximum Gasteiger partial charge on any atom is 0.251 e. The van der Waals surface area contributed by atoms with Crippen LogP contribution in [0.4, 0.5) is 0 Å². The first-order valence-corrected chi connectivity index (χ1v) is 11.0. The summed E-state index contributed by atoms with van der Waals surface area (Å²) in [7, 11) is 0. The van der Waals surface area contributed by atoms with Crippen molar-refractivity contribution in [1.82, 2.24) is 20.3 Å². The largest absolute Gasteiger partial charge is 0.489 e. The van der Waals surface area contributed by atoms with Crippen molar-refractivity contribution in [2.75, 3.05) is 6.54 Å². The van der Waals surface area contributed by atoms with Gasteiger partial charge in [0.15, 0.2) is 0 Å². The number of carbonyl (C=O) groups is 1. The lowest BCUT2D eigenvalue weighted by Crippen LogP contribution is -2.24. The summed E-state index contributed by atoms with van der Waals surface area (Å²) in [6.07, 6.45) is 3.74. The van der Waals surface area contributed by atoms with Crippen LogP contribution in [0.2, 0.25) is 0 Å². The molecular formula is C26H28N4O3. The summed E-state index contributed by atoms with van der Waals surface area (Å²) >= 11 is 0. The van der Waals surface area contributed by atoms with Gasteiger partial charge < -0.3 is 14.6 Å². The molecule has 2 aromatic heterocycles. The summed E-state index contributed by atoms with van der Waals surface area (Å²) in [5.74, 6) is 1.26. The summed E-state index contributed by atoms with van der Waals surface area (Å²) in [4.78, 5) is 12.6. The third-order valence-corrected chi connectivity index (χ3v) is 5.59. The first-order valence-electron chi connectivity index (χ1n) is 11.0. The fourth-order valence-corrected chi connectivity index (χ4v) is 3.63. The van der Waals surface area contributed by atoms with E-state index in [0.717, 1.165) is 41.2 Å². The molecule has 0 bridgehead atoms. The minimum atomic E-state index is -0.116. The number of hydrogen-bond acceptors (Lipinski definition) is 5. The van der Waals surface area contributed by atoms with Crippen molar-refractivity contribution in [1.29, 1.82) is 0 Å². The fraction of sp³-hybridized carbons (Fsp3) is 0.269. The minimum absolute atomic E-state index is 0.116. The zero-order chi connectivity index (χ0) is 23.2. The van der Waals surface area contributed by atoms with Gasteiger partial charge in [0.2, 0.25) is 0 Å². The van der Waals surface area contributed by atoms with E-state index in [-0.39, 0.29) is 5.91 Å². The molecule has 7 heteroatoms. The normalized spacial score (nSPS) is 10.9. The van der Waals surface area contributed by atoms with E-state index in [2.05, 4.69) is 21.8 Å². The second-order valence-electron chi connectivity index (χ2n) is 8.00. The van der Waals surface area contributed by atoms with Gasteiger partial charge in [-0.2, -0.15) is 5.10 Å². The molecule has 0 unspecified atom stereocenters. The molecule has 33 heavy (non-hydrogen) atoms. The van der Waals surface area contributed by atoms with Crippen LogP contribution in [0.5, 0.6) is 5.75 Å². The lowest BCUT2D eigenvalue weighted by atomic mass is 10.1. The molecule has 0 aliphatic rings. The van der Waals surface area contributed by atoms with Gasteiger partial charge in [-0.15, -0.1) is 0 Å². The number of aromatic nitrogens is 3. The Morgan fingerprint density at radius 1 is 1.06 bits per heavy atom. The molecule has 7 nitrogen and oxygen atoms in total. The topological polar surface area (TPSA) is 82.2 Å². The molecule has 4 rings (SSSR count). The molecule has 0 spiro atoms. The highest BCUT2D eigenvalue weighted by atomic mass is 16.5. The van der Waals surface area contributed by atoms with E-state index in [1.807, 2.05) is 67.9 Å². The van der Waals surface area contributed by atoms with Gasteiger partial charge in [0.1, 0.15) is 18.1 Å². The number of benzene rings is 2. The SMILES string of the molecule is Cc1nn(-c2ccccc2)cc1CCCNC(=O)c1cccc(OCc2c(C)noc2C)c1. The Kier molecular flexibility index (Phi) is 6.88. The molecule has 0 aliphatic carbocycles. The maximum absolute atomic E-state index is 12.6. The number of hydrogen-bond donors (Lipinski definition) is 1. The number of ether oxygens (including phenoxy) is 1. The molecule has 4 aromatic rings. The molecule has 0 fully saturated rings. The van der Waals surface area contributed by atoms with E-state index in [9.17, 15) is 4.79 Å². The minimum Gasteiger partial charge on any atom is -0.489 e. The van der Waals surface area contributed by atoms with Crippen LogP contribution in [0.1, 0.15) is 45.1 Å². The van der Waals surface area contributed by atoms with E-state index in [1.54, 1.807) is 12.1 Å². The van der Waals surface area contributed by atoms with Crippen molar-refractivity contribution in [2.24, 2.45) is 0 Å². The highest BCUT2D eigenvalue weighted by molar-refractivity contribution is 5.94. The number of nitrogens with one attached hydrogen (secondary N) is 1. The average molecular weight is 445 g/mol. The van der Waals surface area contributed by atoms with Crippen LogP contribution < -0.4 is 10.1 Å². The maximum atomic E-state index is 12.6. The second-order valence-corrected chi connectivity index (χ2v) is 8.00. The Balaban J connectivity index is 1.27. The lowest BCUT2D eigenvalue weighted by molar-refractivity contribution is 0.0952. The lowest BCUT2D eigenvalue weighted by Gasteiger charge is -2.09. The smallest absolute Gasteiger partial charge is 0.251 e. The Hall–Kier alpha value is -3.87. The highest BCUT2D eigenvalue weighted by Crippen LogP contribution is 2.19. The molecule has 2 aromatic carbocycles. The quantitative estimate of drug-likeness (QED) is 0.378. The molecule has 1 amide bonds. The first kappa shape index (κ1) is 22.3. The van der Waals surface area contributed by atoms with Crippen LogP contribution >= 0.6 is 0 Å². The van der Waals surface area contributed by atoms with Crippen LogP contribution in [-0.4, -0.2) is 27.4 Å².